The highest BCUT2D eigenvalue weighted by Crippen LogP contribution is 2.28. The topological polar surface area (TPSA) is 68.1 Å². The summed E-state index contributed by atoms with van der Waals surface area (Å²) in [5.41, 5.74) is 0.843. The van der Waals surface area contributed by atoms with Crippen LogP contribution in [0.25, 0.3) is 11.0 Å². The van der Waals surface area contributed by atoms with E-state index in [1.54, 1.807) is 11.0 Å². The Morgan fingerprint density at radius 3 is 2.83 bits per heavy atom. The third kappa shape index (κ3) is 2.95. The molecule has 2 aromatic rings. The van der Waals surface area contributed by atoms with E-state index in [0.717, 1.165) is 60.6 Å². The van der Waals surface area contributed by atoms with Crippen molar-refractivity contribution in [2.24, 2.45) is 7.05 Å². The van der Waals surface area contributed by atoms with Gasteiger partial charge in [-0.25, -0.2) is 14.6 Å². The molecule has 2 aliphatic heterocycles. The Bertz CT molecular complexity index is 691. The Kier molecular flexibility index (Phi) is 4.21. The van der Waals surface area contributed by atoms with Crippen LogP contribution in [0.15, 0.2) is 10.9 Å². The van der Waals surface area contributed by atoms with Crippen LogP contribution >= 0.6 is 15.9 Å². The summed E-state index contributed by atoms with van der Waals surface area (Å²) >= 11 is 3.51. The van der Waals surface area contributed by atoms with Crippen LogP contribution in [-0.4, -0.2) is 63.0 Å². The lowest BCUT2D eigenvalue weighted by Crippen LogP contribution is -2.44. The summed E-state index contributed by atoms with van der Waals surface area (Å²) < 4.78 is 8.07. The average molecular weight is 381 g/mol. The fraction of sp³-hybridized carbons (Fsp3) is 0.667. The average Bonchev–Trinajstić information content (AvgIpc) is 3.18. The van der Waals surface area contributed by atoms with Gasteiger partial charge in [0.25, 0.3) is 0 Å². The summed E-state index contributed by atoms with van der Waals surface area (Å²) in [7, 11) is 1.89. The maximum absolute atomic E-state index is 5.51. The van der Waals surface area contributed by atoms with Gasteiger partial charge in [-0.3, -0.25) is 4.90 Å². The molecule has 2 aromatic heterocycles. The van der Waals surface area contributed by atoms with Crippen LogP contribution in [0.1, 0.15) is 19.3 Å². The third-order valence-corrected chi connectivity index (χ3v) is 5.43. The standard InChI is InChI=1S/C15H21BrN6O/c1-21-15-12(13(16)20-21)14(17-9-18-15)19-10-2-5-22(6-3-10)11-4-7-23-8-11/h9-11H,2-8H2,1H3,(H,17,18,19). The van der Waals surface area contributed by atoms with E-state index in [4.69, 9.17) is 4.74 Å². The van der Waals surface area contributed by atoms with Gasteiger partial charge in [-0.2, -0.15) is 5.10 Å². The SMILES string of the molecule is Cn1nc(Br)c2c(NC3CCN(C4CCOC4)CC3)ncnc21. The molecule has 2 fully saturated rings. The number of aromatic nitrogens is 4. The Labute approximate surface area is 143 Å². The van der Waals surface area contributed by atoms with Crippen LogP contribution in [0.5, 0.6) is 0 Å². The first-order chi connectivity index (χ1) is 11.2. The highest BCUT2D eigenvalue weighted by Gasteiger charge is 2.28. The lowest BCUT2D eigenvalue weighted by molar-refractivity contribution is 0.124. The van der Waals surface area contributed by atoms with Crippen LogP contribution in [0.2, 0.25) is 0 Å². The van der Waals surface area contributed by atoms with Crippen molar-refractivity contribution in [2.45, 2.75) is 31.3 Å². The summed E-state index contributed by atoms with van der Waals surface area (Å²) in [6.45, 7) is 4.05. The van der Waals surface area contributed by atoms with E-state index in [1.807, 2.05) is 7.05 Å². The van der Waals surface area contributed by atoms with Crippen molar-refractivity contribution >= 4 is 32.8 Å². The molecule has 4 rings (SSSR count). The number of rotatable bonds is 3. The van der Waals surface area contributed by atoms with Crippen molar-refractivity contribution in [1.29, 1.82) is 0 Å². The monoisotopic (exact) mass is 380 g/mol. The molecule has 23 heavy (non-hydrogen) atoms. The molecule has 0 bridgehead atoms. The molecule has 4 heterocycles. The fourth-order valence-corrected chi connectivity index (χ4v) is 4.17. The highest BCUT2D eigenvalue weighted by atomic mass is 79.9. The van der Waals surface area contributed by atoms with Crippen LogP contribution in [0.3, 0.4) is 0 Å². The van der Waals surface area contributed by atoms with Gasteiger partial charge in [-0.05, 0) is 35.2 Å². The molecule has 1 unspecified atom stereocenters. The maximum Gasteiger partial charge on any atom is 0.164 e. The van der Waals surface area contributed by atoms with Gasteiger partial charge in [0.1, 0.15) is 16.7 Å². The van der Waals surface area contributed by atoms with Crippen molar-refractivity contribution in [3.8, 4) is 0 Å². The molecule has 7 nitrogen and oxygen atoms in total. The summed E-state index contributed by atoms with van der Waals surface area (Å²) in [5, 5.41) is 8.93. The van der Waals surface area contributed by atoms with Crippen LogP contribution in [-0.2, 0) is 11.8 Å². The van der Waals surface area contributed by atoms with Crippen molar-refractivity contribution in [3.05, 3.63) is 10.9 Å². The number of ether oxygens (including phenoxy) is 1. The van der Waals surface area contributed by atoms with E-state index in [-0.39, 0.29) is 0 Å². The molecule has 0 saturated carbocycles. The van der Waals surface area contributed by atoms with E-state index in [9.17, 15) is 0 Å². The van der Waals surface area contributed by atoms with Gasteiger partial charge in [0.2, 0.25) is 0 Å². The molecule has 1 atom stereocenters. The van der Waals surface area contributed by atoms with Crippen LogP contribution < -0.4 is 5.32 Å². The number of nitrogens with one attached hydrogen (secondary N) is 1. The zero-order valence-corrected chi connectivity index (χ0v) is 14.8. The number of likely N-dealkylation sites (tertiary alicyclic amines) is 1. The van der Waals surface area contributed by atoms with Crippen molar-refractivity contribution in [1.82, 2.24) is 24.6 Å². The number of halogens is 1. The molecule has 2 aliphatic rings. The van der Waals surface area contributed by atoms with E-state index in [0.29, 0.717) is 12.1 Å². The van der Waals surface area contributed by atoms with Gasteiger partial charge in [-0.15, -0.1) is 0 Å². The second kappa shape index (κ2) is 6.33. The molecule has 0 amide bonds. The minimum absolute atomic E-state index is 0.443. The van der Waals surface area contributed by atoms with Gasteiger partial charge in [-0.1, -0.05) is 0 Å². The van der Waals surface area contributed by atoms with Crippen molar-refractivity contribution in [2.75, 3.05) is 31.6 Å². The number of anilines is 1. The molecule has 0 spiro atoms. The number of hydrogen-bond acceptors (Lipinski definition) is 6. The molecule has 0 aliphatic carbocycles. The van der Waals surface area contributed by atoms with Crippen molar-refractivity contribution < 1.29 is 4.74 Å². The molecular formula is C15H21BrN6O. The maximum atomic E-state index is 5.51. The van der Waals surface area contributed by atoms with Gasteiger partial charge in [0, 0.05) is 38.8 Å². The Morgan fingerprint density at radius 1 is 1.26 bits per heavy atom. The second-order valence-electron chi connectivity index (χ2n) is 6.31. The zero-order valence-electron chi connectivity index (χ0n) is 13.2. The minimum Gasteiger partial charge on any atom is -0.380 e. The first kappa shape index (κ1) is 15.3. The summed E-state index contributed by atoms with van der Waals surface area (Å²) in [6, 6.07) is 1.06. The quantitative estimate of drug-likeness (QED) is 0.875. The molecule has 2 saturated heterocycles. The molecule has 0 radical (unpaired) electrons. The van der Waals surface area contributed by atoms with Gasteiger partial charge < -0.3 is 10.1 Å². The molecule has 1 N–H and O–H groups in total. The highest BCUT2D eigenvalue weighted by molar-refractivity contribution is 9.10. The van der Waals surface area contributed by atoms with E-state index in [2.05, 4.69) is 41.2 Å². The summed E-state index contributed by atoms with van der Waals surface area (Å²) in [4.78, 5) is 11.3. The zero-order chi connectivity index (χ0) is 15.8. The van der Waals surface area contributed by atoms with Gasteiger partial charge >= 0.3 is 0 Å². The van der Waals surface area contributed by atoms with Crippen molar-refractivity contribution in [3.63, 3.8) is 0 Å². The first-order valence-electron chi connectivity index (χ1n) is 8.14. The molecule has 124 valence electrons. The van der Waals surface area contributed by atoms with Gasteiger partial charge in [0.05, 0.1) is 12.0 Å². The predicted octanol–water partition coefficient (Wildman–Crippen LogP) is 1.79. The molecular weight excluding hydrogens is 360 g/mol. The summed E-state index contributed by atoms with van der Waals surface area (Å²) in [5.74, 6) is 0.873. The number of nitrogens with zero attached hydrogens (tertiary/aromatic N) is 5. The van der Waals surface area contributed by atoms with E-state index >= 15 is 0 Å². The molecule has 0 aromatic carbocycles. The number of piperidine rings is 1. The van der Waals surface area contributed by atoms with Crippen LogP contribution in [0, 0.1) is 0 Å². The van der Waals surface area contributed by atoms with E-state index in [1.165, 1.54) is 6.42 Å². The normalized spacial score (nSPS) is 23.7. The Morgan fingerprint density at radius 2 is 2.09 bits per heavy atom. The van der Waals surface area contributed by atoms with E-state index < -0.39 is 0 Å². The Hall–Kier alpha value is -1.25. The minimum atomic E-state index is 0.443. The Balaban J connectivity index is 1.45. The smallest absolute Gasteiger partial charge is 0.164 e. The molecule has 8 heteroatoms. The largest absolute Gasteiger partial charge is 0.380 e. The number of aryl methyl sites for hydroxylation is 1. The lowest BCUT2D eigenvalue weighted by atomic mass is 10.0. The van der Waals surface area contributed by atoms with Gasteiger partial charge in [0.15, 0.2) is 5.65 Å². The van der Waals surface area contributed by atoms with Crippen LogP contribution in [0.4, 0.5) is 5.82 Å². The second-order valence-corrected chi connectivity index (χ2v) is 7.06. The number of hydrogen-bond donors (Lipinski definition) is 1. The summed E-state index contributed by atoms with van der Waals surface area (Å²) in [6.07, 6.45) is 5.02. The fourth-order valence-electron chi connectivity index (χ4n) is 3.56. The first-order valence-corrected chi connectivity index (χ1v) is 8.93. The third-order valence-electron chi connectivity index (χ3n) is 4.87. The number of fused-ring (bicyclic) bond motifs is 1. The predicted molar refractivity (Wildman–Crippen MR) is 91.4 cm³/mol. The lowest BCUT2D eigenvalue weighted by Gasteiger charge is -2.35.